The average molecular weight is 183 g/mol. The highest BCUT2D eigenvalue weighted by Crippen LogP contribution is 2.20. The molecule has 0 aromatic rings. The highest BCUT2D eigenvalue weighted by atomic mass is 15.2. The Morgan fingerprint density at radius 3 is 2.62 bits per heavy atom. The van der Waals surface area contributed by atoms with E-state index in [1.165, 1.54) is 25.7 Å². The van der Waals surface area contributed by atoms with Gasteiger partial charge in [0.2, 0.25) is 0 Å². The summed E-state index contributed by atoms with van der Waals surface area (Å²) in [5.74, 6) is 0.716. The van der Waals surface area contributed by atoms with Crippen molar-refractivity contribution in [3.05, 3.63) is 0 Å². The molecule has 1 rings (SSSR count). The minimum atomic E-state index is 0.499. The molecule has 0 heterocycles. The lowest BCUT2D eigenvalue weighted by molar-refractivity contribution is 0.488. The lowest BCUT2D eigenvalue weighted by Crippen LogP contribution is -2.35. The molecule has 0 radical (unpaired) electrons. The van der Waals surface area contributed by atoms with Gasteiger partial charge in [0, 0.05) is 13.6 Å². The molecule has 0 bridgehead atoms. The first-order chi connectivity index (χ1) is 6.24. The molecule has 0 amide bonds. The maximum absolute atomic E-state index is 5.86. The number of nitrogens with two attached hydrogens (primary N) is 1. The second kappa shape index (κ2) is 5.10. The van der Waals surface area contributed by atoms with Gasteiger partial charge in [-0.2, -0.15) is 0 Å². The van der Waals surface area contributed by atoms with E-state index in [-0.39, 0.29) is 0 Å². The number of hydrogen-bond acceptors (Lipinski definition) is 1. The van der Waals surface area contributed by atoms with Gasteiger partial charge in [0.15, 0.2) is 5.96 Å². The molecule has 0 atom stereocenters. The van der Waals surface area contributed by atoms with Crippen molar-refractivity contribution in [2.24, 2.45) is 10.7 Å². The SMILES string of the molecule is CCCN(C)C(N)=NC1CCCC1. The molecule has 13 heavy (non-hydrogen) atoms. The lowest BCUT2D eigenvalue weighted by atomic mass is 10.3. The fourth-order valence-electron chi connectivity index (χ4n) is 1.77. The third-order valence-corrected chi connectivity index (χ3v) is 2.59. The molecule has 3 heteroatoms. The van der Waals surface area contributed by atoms with E-state index in [0.717, 1.165) is 13.0 Å². The highest BCUT2D eigenvalue weighted by molar-refractivity contribution is 5.77. The van der Waals surface area contributed by atoms with Crippen molar-refractivity contribution in [2.45, 2.75) is 45.1 Å². The lowest BCUT2D eigenvalue weighted by Gasteiger charge is -2.18. The fraction of sp³-hybridized carbons (Fsp3) is 0.900. The zero-order chi connectivity index (χ0) is 9.68. The van der Waals surface area contributed by atoms with Crippen LogP contribution in [-0.4, -0.2) is 30.5 Å². The Morgan fingerprint density at radius 1 is 1.46 bits per heavy atom. The van der Waals surface area contributed by atoms with Gasteiger partial charge in [-0.3, -0.25) is 0 Å². The van der Waals surface area contributed by atoms with Crippen LogP contribution < -0.4 is 5.73 Å². The number of rotatable bonds is 3. The van der Waals surface area contributed by atoms with Crippen molar-refractivity contribution < 1.29 is 0 Å². The van der Waals surface area contributed by atoms with Crippen LogP contribution in [0.25, 0.3) is 0 Å². The van der Waals surface area contributed by atoms with Crippen LogP contribution in [0, 0.1) is 0 Å². The number of nitrogens with zero attached hydrogens (tertiary/aromatic N) is 2. The second-order valence-corrected chi connectivity index (χ2v) is 3.85. The zero-order valence-electron chi connectivity index (χ0n) is 8.79. The van der Waals surface area contributed by atoms with Crippen molar-refractivity contribution in [2.75, 3.05) is 13.6 Å². The predicted octanol–water partition coefficient (Wildman–Crippen LogP) is 1.59. The quantitative estimate of drug-likeness (QED) is 0.533. The van der Waals surface area contributed by atoms with E-state index in [1.54, 1.807) is 0 Å². The van der Waals surface area contributed by atoms with Gasteiger partial charge >= 0.3 is 0 Å². The molecule has 3 nitrogen and oxygen atoms in total. The summed E-state index contributed by atoms with van der Waals surface area (Å²) < 4.78 is 0. The van der Waals surface area contributed by atoms with E-state index in [4.69, 9.17) is 5.73 Å². The fourth-order valence-corrected chi connectivity index (χ4v) is 1.77. The van der Waals surface area contributed by atoms with Gasteiger partial charge in [-0.25, -0.2) is 4.99 Å². The first kappa shape index (κ1) is 10.4. The Hall–Kier alpha value is -0.730. The van der Waals surface area contributed by atoms with Gasteiger partial charge in [-0.05, 0) is 19.3 Å². The van der Waals surface area contributed by atoms with Gasteiger partial charge in [0.1, 0.15) is 0 Å². The van der Waals surface area contributed by atoms with Gasteiger partial charge in [0.25, 0.3) is 0 Å². The summed E-state index contributed by atoms with van der Waals surface area (Å²) in [4.78, 5) is 6.55. The molecular formula is C10H21N3. The normalized spacial score (nSPS) is 19.4. The second-order valence-electron chi connectivity index (χ2n) is 3.85. The molecule has 0 spiro atoms. The van der Waals surface area contributed by atoms with Crippen molar-refractivity contribution >= 4 is 5.96 Å². The Morgan fingerprint density at radius 2 is 2.08 bits per heavy atom. The van der Waals surface area contributed by atoms with Crippen LogP contribution in [0.15, 0.2) is 4.99 Å². The molecule has 0 aliphatic heterocycles. The molecule has 76 valence electrons. The maximum Gasteiger partial charge on any atom is 0.191 e. The van der Waals surface area contributed by atoms with Crippen molar-refractivity contribution in [3.8, 4) is 0 Å². The van der Waals surface area contributed by atoms with Crippen molar-refractivity contribution in [1.82, 2.24) is 4.90 Å². The molecule has 1 fully saturated rings. The Kier molecular flexibility index (Phi) is 4.06. The minimum absolute atomic E-state index is 0.499. The van der Waals surface area contributed by atoms with E-state index in [2.05, 4.69) is 11.9 Å². The molecule has 0 aromatic carbocycles. The van der Waals surface area contributed by atoms with Crippen molar-refractivity contribution in [1.29, 1.82) is 0 Å². The largest absolute Gasteiger partial charge is 0.370 e. The molecular weight excluding hydrogens is 162 g/mol. The van der Waals surface area contributed by atoms with Crippen LogP contribution in [0.2, 0.25) is 0 Å². The van der Waals surface area contributed by atoms with Gasteiger partial charge in [-0.1, -0.05) is 19.8 Å². The summed E-state index contributed by atoms with van der Waals surface area (Å²) in [5, 5.41) is 0. The molecule has 1 aliphatic rings. The van der Waals surface area contributed by atoms with E-state index in [9.17, 15) is 0 Å². The van der Waals surface area contributed by atoms with Crippen LogP contribution in [0.4, 0.5) is 0 Å². The van der Waals surface area contributed by atoms with E-state index < -0.39 is 0 Å². The third-order valence-electron chi connectivity index (χ3n) is 2.59. The smallest absolute Gasteiger partial charge is 0.191 e. The van der Waals surface area contributed by atoms with E-state index >= 15 is 0 Å². The molecule has 2 N–H and O–H groups in total. The molecule has 0 unspecified atom stereocenters. The molecule has 1 saturated carbocycles. The molecule has 0 saturated heterocycles. The average Bonchev–Trinajstić information content (AvgIpc) is 2.57. The van der Waals surface area contributed by atoms with E-state index in [0.29, 0.717) is 12.0 Å². The Bertz CT molecular complexity index is 171. The van der Waals surface area contributed by atoms with Gasteiger partial charge in [-0.15, -0.1) is 0 Å². The highest BCUT2D eigenvalue weighted by Gasteiger charge is 2.14. The van der Waals surface area contributed by atoms with Gasteiger partial charge in [0.05, 0.1) is 6.04 Å². The molecule has 1 aliphatic carbocycles. The van der Waals surface area contributed by atoms with Crippen LogP contribution in [0.5, 0.6) is 0 Å². The van der Waals surface area contributed by atoms with Crippen LogP contribution in [0.1, 0.15) is 39.0 Å². The van der Waals surface area contributed by atoms with Gasteiger partial charge < -0.3 is 10.6 Å². The van der Waals surface area contributed by atoms with Crippen molar-refractivity contribution in [3.63, 3.8) is 0 Å². The van der Waals surface area contributed by atoms with Crippen LogP contribution in [-0.2, 0) is 0 Å². The maximum atomic E-state index is 5.86. The minimum Gasteiger partial charge on any atom is -0.370 e. The summed E-state index contributed by atoms with van der Waals surface area (Å²) in [5.41, 5.74) is 5.86. The standard InChI is InChI=1S/C10H21N3/c1-3-8-13(2)10(11)12-9-6-4-5-7-9/h9H,3-8H2,1-2H3,(H2,11,12). The van der Waals surface area contributed by atoms with Crippen LogP contribution >= 0.6 is 0 Å². The zero-order valence-corrected chi connectivity index (χ0v) is 8.79. The Labute approximate surface area is 81.0 Å². The van der Waals surface area contributed by atoms with Crippen LogP contribution in [0.3, 0.4) is 0 Å². The number of guanidine groups is 1. The third kappa shape index (κ3) is 3.25. The summed E-state index contributed by atoms with van der Waals surface area (Å²) in [6.45, 7) is 3.15. The summed E-state index contributed by atoms with van der Waals surface area (Å²) in [7, 11) is 2.01. The van der Waals surface area contributed by atoms with E-state index in [1.807, 2.05) is 11.9 Å². The first-order valence-corrected chi connectivity index (χ1v) is 5.28. The summed E-state index contributed by atoms with van der Waals surface area (Å²) in [6, 6.07) is 0.499. The summed E-state index contributed by atoms with van der Waals surface area (Å²) in [6.07, 6.45) is 6.20. The predicted molar refractivity (Wildman–Crippen MR) is 56.8 cm³/mol. The topological polar surface area (TPSA) is 41.6 Å². The number of aliphatic imine (C=N–C) groups is 1. The molecule has 0 aromatic heterocycles. The monoisotopic (exact) mass is 183 g/mol. The Balaban J connectivity index is 2.39. The summed E-state index contributed by atoms with van der Waals surface area (Å²) >= 11 is 0. The first-order valence-electron chi connectivity index (χ1n) is 5.28. The number of hydrogen-bond donors (Lipinski definition) is 1.